The van der Waals surface area contributed by atoms with E-state index < -0.39 is 27.1 Å². The Bertz CT molecular complexity index is 676. The largest absolute Gasteiger partial charge is 0.349 e. The summed E-state index contributed by atoms with van der Waals surface area (Å²) in [5.41, 5.74) is -0.960. The molecule has 3 rings (SSSR count). The number of benzene rings is 1. The quantitative estimate of drug-likeness (QED) is 0.658. The van der Waals surface area contributed by atoms with Gasteiger partial charge in [-0.25, -0.2) is 0 Å². The second-order valence-corrected chi connectivity index (χ2v) is 6.63. The molecule has 0 saturated carbocycles. The Hall–Kier alpha value is -2.55. The lowest BCUT2D eigenvalue weighted by Crippen LogP contribution is -2.38. The second kappa shape index (κ2) is 7.14. The third-order valence-electron chi connectivity index (χ3n) is 4.98. The number of nitrogens with zero attached hydrogens (tertiary/aromatic N) is 3. The molecule has 0 aliphatic carbocycles. The lowest BCUT2D eigenvalue weighted by molar-refractivity contribution is -0.394. The molecule has 1 N–H and O–H groups in total. The van der Waals surface area contributed by atoms with E-state index in [9.17, 15) is 25.0 Å². The molecule has 0 radical (unpaired) electrons. The summed E-state index contributed by atoms with van der Waals surface area (Å²) in [4.78, 5) is 35.4. The van der Waals surface area contributed by atoms with Gasteiger partial charge in [-0.15, -0.1) is 0 Å². The zero-order chi connectivity index (χ0) is 18.0. The van der Waals surface area contributed by atoms with E-state index in [4.69, 9.17) is 0 Å². The fraction of sp³-hybridized carbons (Fsp3) is 0.562. The molecule has 1 amide bonds. The summed E-state index contributed by atoms with van der Waals surface area (Å²) in [6, 6.07) is 3.48. The van der Waals surface area contributed by atoms with Gasteiger partial charge in [-0.3, -0.25) is 25.0 Å². The Balaban J connectivity index is 1.76. The van der Waals surface area contributed by atoms with Crippen LogP contribution in [0.3, 0.4) is 0 Å². The number of rotatable bonds is 4. The number of nitro groups is 2. The molecule has 0 unspecified atom stereocenters. The van der Waals surface area contributed by atoms with Gasteiger partial charge in [0.15, 0.2) is 0 Å². The Morgan fingerprint density at radius 3 is 2.24 bits per heavy atom. The Morgan fingerprint density at radius 2 is 1.64 bits per heavy atom. The van der Waals surface area contributed by atoms with Crippen LogP contribution in [0.5, 0.6) is 0 Å². The van der Waals surface area contributed by atoms with Gasteiger partial charge in [0.1, 0.15) is 0 Å². The van der Waals surface area contributed by atoms with E-state index >= 15 is 0 Å². The van der Waals surface area contributed by atoms with Gasteiger partial charge in [-0.05, 0) is 45.2 Å². The minimum absolute atomic E-state index is 0.0149. The van der Waals surface area contributed by atoms with Gasteiger partial charge >= 0.3 is 0 Å². The number of hydrogen-bond donors (Lipinski definition) is 1. The molecule has 1 aromatic rings. The van der Waals surface area contributed by atoms with E-state index in [1.165, 1.54) is 6.42 Å². The van der Waals surface area contributed by atoms with Crippen LogP contribution in [-0.2, 0) is 0 Å². The highest BCUT2D eigenvalue weighted by molar-refractivity contribution is 5.95. The van der Waals surface area contributed by atoms with E-state index in [2.05, 4.69) is 10.2 Å². The lowest BCUT2D eigenvalue weighted by Gasteiger charge is -2.23. The molecule has 2 aliphatic heterocycles. The van der Waals surface area contributed by atoms with Crippen molar-refractivity contribution in [2.75, 3.05) is 13.1 Å². The van der Waals surface area contributed by atoms with Crippen molar-refractivity contribution >= 4 is 17.3 Å². The maximum absolute atomic E-state index is 12.5. The molecule has 1 aromatic carbocycles. The predicted octanol–water partition coefficient (Wildman–Crippen LogP) is 2.25. The van der Waals surface area contributed by atoms with Crippen LogP contribution in [0.15, 0.2) is 18.2 Å². The van der Waals surface area contributed by atoms with Crippen molar-refractivity contribution in [1.29, 1.82) is 0 Å². The van der Waals surface area contributed by atoms with Crippen molar-refractivity contribution in [3.05, 3.63) is 44.0 Å². The van der Waals surface area contributed by atoms with Gasteiger partial charge in [0.05, 0.1) is 21.5 Å². The van der Waals surface area contributed by atoms with E-state index in [0.29, 0.717) is 6.04 Å². The first-order valence-electron chi connectivity index (χ1n) is 8.43. The maximum atomic E-state index is 12.5. The first-order chi connectivity index (χ1) is 11.9. The minimum Gasteiger partial charge on any atom is -0.349 e. The molecule has 2 saturated heterocycles. The van der Waals surface area contributed by atoms with Gasteiger partial charge in [0, 0.05) is 24.2 Å². The lowest BCUT2D eigenvalue weighted by atomic mass is 10.0. The Labute approximate surface area is 144 Å². The van der Waals surface area contributed by atoms with Crippen LogP contribution in [0.2, 0.25) is 0 Å². The summed E-state index contributed by atoms with van der Waals surface area (Å²) in [5.74, 6) is -0.497. The number of non-ortho nitro benzene ring substituents is 2. The Kier molecular flexibility index (Phi) is 4.93. The molecule has 0 aromatic heterocycles. The van der Waals surface area contributed by atoms with Crippen LogP contribution in [0, 0.1) is 20.2 Å². The van der Waals surface area contributed by atoms with E-state index in [-0.39, 0.29) is 11.6 Å². The molecular weight excluding hydrogens is 328 g/mol. The van der Waals surface area contributed by atoms with Crippen molar-refractivity contribution < 1.29 is 14.6 Å². The molecule has 2 atom stereocenters. The molecular formula is C16H20N4O5. The molecule has 134 valence electrons. The van der Waals surface area contributed by atoms with Gasteiger partial charge in [-0.2, -0.15) is 0 Å². The summed E-state index contributed by atoms with van der Waals surface area (Å²) in [5, 5.41) is 24.8. The van der Waals surface area contributed by atoms with Crippen LogP contribution in [0.1, 0.15) is 42.5 Å². The van der Waals surface area contributed by atoms with E-state index in [1.807, 2.05) is 0 Å². The summed E-state index contributed by atoms with van der Waals surface area (Å²) in [6.07, 6.45) is 4.96. The molecule has 9 nitrogen and oxygen atoms in total. The first-order valence-corrected chi connectivity index (χ1v) is 8.43. The number of carbonyl (C=O) groups is 1. The highest BCUT2D eigenvalue weighted by Crippen LogP contribution is 2.27. The van der Waals surface area contributed by atoms with Crippen LogP contribution in [0.25, 0.3) is 0 Å². The second-order valence-electron chi connectivity index (χ2n) is 6.63. The smallest absolute Gasteiger partial charge is 0.277 e. The summed E-state index contributed by atoms with van der Waals surface area (Å²) in [6.45, 7) is 2.13. The van der Waals surface area contributed by atoms with Gasteiger partial charge < -0.3 is 10.2 Å². The highest BCUT2D eigenvalue weighted by atomic mass is 16.6. The summed E-state index contributed by atoms with van der Waals surface area (Å²) in [7, 11) is 0. The van der Waals surface area contributed by atoms with E-state index in [0.717, 1.165) is 57.0 Å². The van der Waals surface area contributed by atoms with Crippen LogP contribution in [0.4, 0.5) is 11.4 Å². The van der Waals surface area contributed by atoms with Crippen molar-refractivity contribution in [3.8, 4) is 0 Å². The summed E-state index contributed by atoms with van der Waals surface area (Å²) >= 11 is 0. The van der Waals surface area contributed by atoms with Gasteiger partial charge in [0.25, 0.3) is 17.3 Å². The fourth-order valence-electron chi connectivity index (χ4n) is 3.78. The number of nitro benzene ring substituents is 2. The molecule has 25 heavy (non-hydrogen) atoms. The maximum Gasteiger partial charge on any atom is 0.277 e. The highest BCUT2D eigenvalue weighted by Gasteiger charge is 2.30. The third kappa shape index (κ3) is 3.93. The zero-order valence-corrected chi connectivity index (χ0v) is 13.7. The van der Waals surface area contributed by atoms with Crippen LogP contribution in [-0.4, -0.2) is 45.8 Å². The molecule has 0 bridgehead atoms. The van der Waals surface area contributed by atoms with Crippen molar-refractivity contribution in [2.45, 2.75) is 44.2 Å². The normalized spacial score (nSPS) is 23.5. The third-order valence-corrected chi connectivity index (χ3v) is 4.98. The van der Waals surface area contributed by atoms with Gasteiger partial charge in [-0.1, -0.05) is 0 Å². The number of amides is 1. The number of nitrogens with one attached hydrogen (secondary N) is 1. The monoisotopic (exact) mass is 348 g/mol. The molecule has 9 heteroatoms. The van der Waals surface area contributed by atoms with Gasteiger partial charge in [0.2, 0.25) is 0 Å². The predicted molar refractivity (Wildman–Crippen MR) is 89.5 cm³/mol. The first kappa shape index (κ1) is 17.3. The van der Waals surface area contributed by atoms with Crippen LogP contribution < -0.4 is 5.32 Å². The molecule has 2 heterocycles. The zero-order valence-electron chi connectivity index (χ0n) is 13.7. The number of carbonyl (C=O) groups excluding carboxylic acids is 1. The van der Waals surface area contributed by atoms with Crippen molar-refractivity contribution in [3.63, 3.8) is 0 Å². The van der Waals surface area contributed by atoms with E-state index in [1.54, 1.807) is 0 Å². The minimum atomic E-state index is -0.730. The molecule has 2 fully saturated rings. The number of hydrogen-bond acceptors (Lipinski definition) is 6. The Morgan fingerprint density at radius 1 is 1.04 bits per heavy atom. The molecule has 0 spiro atoms. The standard InChI is InChI=1S/C16H20N4O5/c21-16(11-7-14(19(22)23)10-15(8-11)20(24)25)17-12-3-1-5-18-6-2-4-13(18)9-12/h7-8,10,12-13H,1-6,9H2,(H,17,21)/t12-,13-/m1/s1. The topological polar surface area (TPSA) is 119 Å². The average molecular weight is 348 g/mol. The fourth-order valence-corrected chi connectivity index (χ4v) is 3.78. The van der Waals surface area contributed by atoms with Crippen molar-refractivity contribution in [2.24, 2.45) is 0 Å². The molecule has 2 aliphatic rings. The van der Waals surface area contributed by atoms with Crippen LogP contribution >= 0.6 is 0 Å². The summed E-state index contributed by atoms with van der Waals surface area (Å²) < 4.78 is 0. The number of fused-ring (bicyclic) bond motifs is 1. The van der Waals surface area contributed by atoms with Crippen molar-refractivity contribution in [1.82, 2.24) is 10.2 Å². The average Bonchev–Trinajstić information content (AvgIpc) is 2.92. The SMILES string of the molecule is O=C(N[C@@H]1CCCN2CCC[C@@H]2C1)c1cc([N+](=O)[O-])cc([N+](=O)[O-])c1.